The SMILES string of the molecule is CC(C)CN(Cc1cc(C(F)(F)F)ccc1Cl)C1CCNCC1.O=C(O)/C=C/C(=O)O. The highest BCUT2D eigenvalue weighted by molar-refractivity contribution is 6.31. The number of rotatable bonds is 7. The summed E-state index contributed by atoms with van der Waals surface area (Å²) in [7, 11) is 0. The van der Waals surface area contributed by atoms with Crippen LogP contribution in [0.2, 0.25) is 5.02 Å². The van der Waals surface area contributed by atoms with Crippen LogP contribution in [0.3, 0.4) is 0 Å². The van der Waals surface area contributed by atoms with Gasteiger partial charge in [0, 0.05) is 36.3 Å². The average Bonchev–Trinajstić information content (AvgIpc) is 2.67. The van der Waals surface area contributed by atoms with E-state index in [0.717, 1.165) is 38.5 Å². The Morgan fingerprint density at radius 2 is 1.74 bits per heavy atom. The largest absolute Gasteiger partial charge is 0.478 e. The van der Waals surface area contributed by atoms with E-state index in [1.807, 2.05) is 0 Å². The van der Waals surface area contributed by atoms with Gasteiger partial charge in [-0.25, -0.2) is 9.59 Å². The van der Waals surface area contributed by atoms with E-state index < -0.39 is 23.7 Å². The smallest absolute Gasteiger partial charge is 0.416 e. The minimum Gasteiger partial charge on any atom is -0.478 e. The van der Waals surface area contributed by atoms with Crippen molar-refractivity contribution in [1.82, 2.24) is 10.2 Å². The summed E-state index contributed by atoms with van der Waals surface area (Å²) in [6.45, 7) is 7.48. The molecule has 0 aliphatic carbocycles. The number of hydrogen-bond donors (Lipinski definition) is 3. The van der Waals surface area contributed by atoms with Gasteiger partial charge in [-0.3, -0.25) is 4.90 Å². The van der Waals surface area contributed by atoms with Gasteiger partial charge in [0.1, 0.15) is 0 Å². The Bertz CT molecular complexity index is 747. The predicted molar refractivity (Wildman–Crippen MR) is 112 cm³/mol. The molecule has 174 valence electrons. The Hall–Kier alpha value is -2.10. The molecule has 1 aliphatic rings. The highest BCUT2D eigenvalue weighted by Crippen LogP contribution is 2.32. The zero-order chi connectivity index (χ0) is 23.6. The maximum Gasteiger partial charge on any atom is 0.416 e. The summed E-state index contributed by atoms with van der Waals surface area (Å²) in [6, 6.07) is 3.99. The van der Waals surface area contributed by atoms with Crippen molar-refractivity contribution in [1.29, 1.82) is 0 Å². The van der Waals surface area contributed by atoms with Crippen molar-refractivity contribution >= 4 is 23.5 Å². The maximum atomic E-state index is 12.9. The van der Waals surface area contributed by atoms with Crippen LogP contribution in [0.4, 0.5) is 13.2 Å². The molecule has 6 nitrogen and oxygen atoms in total. The van der Waals surface area contributed by atoms with Crippen molar-refractivity contribution in [3.05, 3.63) is 46.5 Å². The van der Waals surface area contributed by atoms with Gasteiger partial charge in [-0.05, 0) is 55.6 Å². The summed E-state index contributed by atoms with van der Waals surface area (Å²) < 4.78 is 38.8. The Balaban J connectivity index is 0.000000512. The molecule has 1 heterocycles. The second-order valence-electron chi connectivity index (χ2n) is 7.62. The second kappa shape index (κ2) is 12.7. The Labute approximate surface area is 184 Å². The normalized spacial score (nSPS) is 15.2. The number of halogens is 4. The topological polar surface area (TPSA) is 89.9 Å². The lowest BCUT2D eigenvalue weighted by atomic mass is 10.0. The zero-order valence-electron chi connectivity index (χ0n) is 17.5. The van der Waals surface area contributed by atoms with E-state index in [0.29, 0.717) is 41.2 Å². The summed E-state index contributed by atoms with van der Waals surface area (Å²) >= 11 is 6.16. The molecule has 1 saturated heterocycles. The molecule has 1 aliphatic heterocycles. The minimum absolute atomic E-state index is 0.393. The molecular formula is C21H28ClF3N2O4. The van der Waals surface area contributed by atoms with Gasteiger partial charge in [0.05, 0.1) is 5.56 Å². The van der Waals surface area contributed by atoms with Crippen LogP contribution < -0.4 is 5.32 Å². The van der Waals surface area contributed by atoms with Crippen molar-refractivity contribution in [3.8, 4) is 0 Å². The van der Waals surface area contributed by atoms with Crippen molar-refractivity contribution < 1.29 is 33.0 Å². The van der Waals surface area contributed by atoms with Crippen molar-refractivity contribution in [2.45, 2.75) is 45.5 Å². The summed E-state index contributed by atoms with van der Waals surface area (Å²) in [5, 5.41) is 19.4. The molecule has 1 fully saturated rings. The molecule has 10 heteroatoms. The van der Waals surface area contributed by atoms with Crippen LogP contribution in [0.5, 0.6) is 0 Å². The number of carboxylic acids is 2. The molecule has 0 aromatic heterocycles. The van der Waals surface area contributed by atoms with Gasteiger partial charge in [0.15, 0.2) is 0 Å². The second-order valence-corrected chi connectivity index (χ2v) is 8.03. The Morgan fingerprint density at radius 3 is 2.19 bits per heavy atom. The summed E-state index contributed by atoms with van der Waals surface area (Å²) in [6.07, 6.45) is -1.19. The van der Waals surface area contributed by atoms with E-state index in [9.17, 15) is 22.8 Å². The molecular weight excluding hydrogens is 437 g/mol. The minimum atomic E-state index is -4.34. The number of benzene rings is 1. The number of nitrogens with zero attached hydrogens (tertiary/aromatic N) is 1. The van der Waals surface area contributed by atoms with Crippen molar-refractivity contribution in [3.63, 3.8) is 0 Å². The number of alkyl halides is 3. The fourth-order valence-corrected chi connectivity index (χ4v) is 3.39. The first kappa shape index (κ1) is 26.9. The summed E-state index contributed by atoms with van der Waals surface area (Å²) in [4.78, 5) is 21.4. The molecule has 1 aromatic rings. The molecule has 1 aromatic carbocycles. The van der Waals surface area contributed by atoms with Crippen LogP contribution in [0.25, 0.3) is 0 Å². The van der Waals surface area contributed by atoms with E-state index in [1.165, 1.54) is 12.1 Å². The molecule has 31 heavy (non-hydrogen) atoms. The first-order valence-corrected chi connectivity index (χ1v) is 10.2. The molecule has 0 spiro atoms. The lowest BCUT2D eigenvalue weighted by Gasteiger charge is -2.36. The highest BCUT2D eigenvalue weighted by atomic mass is 35.5. The Morgan fingerprint density at radius 1 is 1.19 bits per heavy atom. The van der Waals surface area contributed by atoms with Gasteiger partial charge >= 0.3 is 18.1 Å². The predicted octanol–water partition coefficient (Wildman–Crippen LogP) is 4.28. The third-order valence-electron chi connectivity index (χ3n) is 4.54. The third-order valence-corrected chi connectivity index (χ3v) is 4.91. The zero-order valence-corrected chi connectivity index (χ0v) is 18.2. The Kier molecular flexibility index (Phi) is 11.0. The first-order chi connectivity index (χ1) is 14.4. The van der Waals surface area contributed by atoms with Crippen LogP contribution in [-0.4, -0.2) is 52.7 Å². The first-order valence-electron chi connectivity index (χ1n) is 9.84. The van der Waals surface area contributed by atoms with Gasteiger partial charge in [-0.2, -0.15) is 13.2 Å². The van der Waals surface area contributed by atoms with Crippen molar-refractivity contribution in [2.75, 3.05) is 19.6 Å². The monoisotopic (exact) mass is 464 g/mol. The molecule has 0 unspecified atom stereocenters. The fourth-order valence-electron chi connectivity index (χ4n) is 3.22. The molecule has 2 rings (SSSR count). The molecule has 0 atom stereocenters. The van der Waals surface area contributed by atoms with Gasteiger partial charge in [-0.1, -0.05) is 25.4 Å². The molecule has 3 N–H and O–H groups in total. The summed E-state index contributed by atoms with van der Waals surface area (Å²) in [5.74, 6) is -2.06. The molecule has 0 saturated carbocycles. The number of hydrogen-bond acceptors (Lipinski definition) is 4. The van der Waals surface area contributed by atoms with Gasteiger partial charge in [-0.15, -0.1) is 0 Å². The lowest BCUT2D eigenvalue weighted by Crippen LogP contribution is -2.44. The number of carboxylic acid groups (broad SMARTS) is 2. The van der Waals surface area contributed by atoms with Crippen LogP contribution in [0.15, 0.2) is 30.4 Å². The van der Waals surface area contributed by atoms with Crippen molar-refractivity contribution in [2.24, 2.45) is 5.92 Å². The standard InChI is InChI=1S/C17H24ClF3N2.C4H4O4/c1-12(2)10-23(15-5-7-22-8-6-15)11-13-9-14(17(19,20)21)3-4-16(13)18;5-3(6)1-2-4(7)8/h3-4,9,12,15,22H,5-8,10-11H2,1-2H3;1-2H,(H,5,6)(H,7,8)/b;2-1+. The summed E-state index contributed by atoms with van der Waals surface area (Å²) in [5.41, 5.74) is -0.0765. The molecule has 0 bridgehead atoms. The van der Waals surface area contributed by atoms with Crippen LogP contribution in [0.1, 0.15) is 37.8 Å². The molecule has 0 amide bonds. The number of carbonyl (C=O) groups is 2. The maximum absolute atomic E-state index is 12.9. The highest BCUT2D eigenvalue weighted by Gasteiger charge is 2.31. The van der Waals surface area contributed by atoms with E-state index in [2.05, 4.69) is 24.1 Å². The van der Waals surface area contributed by atoms with E-state index in [4.69, 9.17) is 21.8 Å². The van der Waals surface area contributed by atoms with Gasteiger partial charge in [0.25, 0.3) is 0 Å². The fraction of sp³-hybridized carbons (Fsp3) is 0.524. The van der Waals surface area contributed by atoms with Gasteiger partial charge in [0.2, 0.25) is 0 Å². The number of nitrogens with one attached hydrogen (secondary N) is 1. The van der Waals surface area contributed by atoms with Crippen LogP contribution in [-0.2, 0) is 22.3 Å². The third kappa shape index (κ3) is 10.7. The van der Waals surface area contributed by atoms with Gasteiger partial charge < -0.3 is 15.5 Å². The number of aliphatic carboxylic acids is 2. The van der Waals surface area contributed by atoms with Crippen LogP contribution in [0, 0.1) is 5.92 Å². The number of piperidine rings is 1. The lowest BCUT2D eigenvalue weighted by molar-refractivity contribution is -0.137. The van der Waals surface area contributed by atoms with Crippen LogP contribution >= 0.6 is 11.6 Å². The average molecular weight is 465 g/mol. The van der Waals surface area contributed by atoms with E-state index in [1.54, 1.807) is 0 Å². The molecule has 0 radical (unpaired) electrons. The van der Waals surface area contributed by atoms with E-state index in [-0.39, 0.29) is 0 Å². The quantitative estimate of drug-likeness (QED) is 0.522. The van der Waals surface area contributed by atoms with E-state index >= 15 is 0 Å².